The van der Waals surface area contributed by atoms with Crippen LogP contribution in [0.5, 0.6) is 0 Å². The van der Waals surface area contributed by atoms with Crippen LogP contribution < -0.4 is 0 Å². The minimum atomic E-state index is -0.296. The van der Waals surface area contributed by atoms with E-state index in [0.717, 1.165) is 12.0 Å². The zero-order valence-corrected chi connectivity index (χ0v) is 8.12. The molecular weight excluding hydrogens is 172 g/mol. The largest absolute Gasteiger partial charge is 0.388 e. The molecule has 1 aliphatic rings. The lowest BCUT2D eigenvalue weighted by Crippen LogP contribution is -1.91. The fourth-order valence-electron chi connectivity index (χ4n) is 2.47. The fourth-order valence-corrected chi connectivity index (χ4v) is 2.47. The maximum atomic E-state index is 9.86. The molecule has 70 valence electrons. The standard InChI is InChI=1S/C13H12O/c1-8-5-9-3-2-4-11-12(14)7-10(6-8)13(9)11/h2-6,12,14H,7H2,1H3. The summed E-state index contributed by atoms with van der Waals surface area (Å²) in [4.78, 5) is 0. The highest BCUT2D eigenvalue weighted by Crippen LogP contribution is 2.37. The van der Waals surface area contributed by atoms with E-state index in [0.29, 0.717) is 0 Å². The van der Waals surface area contributed by atoms with Crippen molar-refractivity contribution in [2.24, 2.45) is 0 Å². The molecular formula is C13H12O. The Labute approximate surface area is 83.0 Å². The van der Waals surface area contributed by atoms with Crippen molar-refractivity contribution in [1.29, 1.82) is 0 Å². The van der Waals surface area contributed by atoms with E-state index in [4.69, 9.17) is 0 Å². The second kappa shape index (κ2) is 2.58. The molecule has 0 fully saturated rings. The summed E-state index contributed by atoms with van der Waals surface area (Å²) in [6.45, 7) is 2.10. The van der Waals surface area contributed by atoms with E-state index in [1.807, 2.05) is 12.1 Å². The van der Waals surface area contributed by atoms with E-state index < -0.39 is 0 Å². The highest BCUT2D eigenvalue weighted by atomic mass is 16.3. The Bertz CT molecular complexity index is 514. The Morgan fingerprint density at radius 1 is 1.29 bits per heavy atom. The van der Waals surface area contributed by atoms with Crippen molar-refractivity contribution in [3.05, 3.63) is 47.0 Å². The Morgan fingerprint density at radius 2 is 2.14 bits per heavy atom. The third-order valence-electron chi connectivity index (χ3n) is 3.01. The summed E-state index contributed by atoms with van der Waals surface area (Å²) in [6.07, 6.45) is 0.479. The quantitative estimate of drug-likeness (QED) is 0.667. The maximum absolute atomic E-state index is 9.86. The van der Waals surface area contributed by atoms with Gasteiger partial charge in [0.1, 0.15) is 0 Å². The third-order valence-corrected chi connectivity index (χ3v) is 3.01. The van der Waals surface area contributed by atoms with Crippen LogP contribution in [0.3, 0.4) is 0 Å². The van der Waals surface area contributed by atoms with Gasteiger partial charge in [-0.15, -0.1) is 0 Å². The molecule has 0 bridgehead atoms. The van der Waals surface area contributed by atoms with Gasteiger partial charge in [-0.2, -0.15) is 0 Å². The van der Waals surface area contributed by atoms with Gasteiger partial charge in [-0.1, -0.05) is 35.9 Å². The number of aliphatic hydroxyl groups excluding tert-OH is 1. The van der Waals surface area contributed by atoms with Crippen LogP contribution in [0.15, 0.2) is 30.3 Å². The third kappa shape index (κ3) is 0.933. The Morgan fingerprint density at radius 3 is 3.00 bits per heavy atom. The molecule has 0 spiro atoms. The van der Waals surface area contributed by atoms with Gasteiger partial charge in [0.25, 0.3) is 0 Å². The van der Waals surface area contributed by atoms with Crippen molar-refractivity contribution in [1.82, 2.24) is 0 Å². The molecule has 0 heterocycles. The van der Waals surface area contributed by atoms with Crippen molar-refractivity contribution in [3.8, 4) is 0 Å². The molecule has 2 aromatic rings. The average Bonchev–Trinajstić information content (AvgIpc) is 2.45. The molecule has 1 atom stereocenters. The number of benzene rings is 2. The fraction of sp³-hybridized carbons (Fsp3) is 0.231. The average molecular weight is 184 g/mol. The molecule has 1 aliphatic carbocycles. The Kier molecular flexibility index (Phi) is 1.48. The molecule has 1 N–H and O–H groups in total. The van der Waals surface area contributed by atoms with E-state index in [2.05, 4.69) is 25.1 Å². The molecule has 0 saturated carbocycles. The Balaban J connectivity index is 2.49. The molecule has 1 nitrogen and oxygen atoms in total. The maximum Gasteiger partial charge on any atom is 0.0836 e. The second-order valence-electron chi connectivity index (χ2n) is 4.09. The van der Waals surface area contributed by atoms with Crippen molar-refractivity contribution >= 4 is 10.8 Å². The van der Waals surface area contributed by atoms with Gasteiger partial charge in [0.15, 0.2) is 0 Å². The van der Waals surface area contributed by atoms with E-state index >= 15 is 0 Å². The van der Waals surface area contributed by atoms with Crippen LogP contribution in [-0.4, -0.2) is 5.11 Å². The molecule has 1 unspecified atom stereocenters. The zero-order chi connectivity index (χ0) is 9.71. The summed E-state index contributed by atoms with van der Waals surface area (Å²) < 4.78 is 0. The van der Waals surface area contributed by atoms with Gasteiger partial charge < -0.3 is 5.11 Å². The van der Waals surface area contributed by atoms with Gasteiger partial charge in [-0.05, 0) is 28.8 Å². The van der Waals surface area contributed by atoms with E-state index in [9.17, 15) is 5.11 Å². The van der Waals surface area contributed by atoms with Gasteiger partial charge in [-0.25, -0.2) is 0 Å². The van der Waals surface area contributed by atoms with Crippen molar-refractivity contribution in [2.45, 2.75) is 19.4 Å². The van der Waals surface area contributed by atoms with E-state index in [-0.39, 0.29) is 6.10 Å². The highest BCUT2D eigenvalue weighted by molar-refractivity contribution is 5.91. The second-order valence-corrected chi connectivity index (χ2v) is 4.09. The van der Waals surface area contributed by atoms with Crippen LogP contribution in [0.2, 0.25) is 0 Å². The molecule has 3 rings (SSSR count). The van der Waals surface area contributed by atoms with Gasteiger partial charge in [0, 0.05) is 6.42 Å². The number of hydrogen-bond donors (Lipinski definition) is 1. The van der Waals surface area contributed by atoms with Crippen LogP contribution >= 0.6 is 0 Å². The molecule has 1 heteroatoms. The molecule has 0 radical (unpaired) electrons. The van der Waals surface area contributed by atoms with Gasteiger partial charge in [-0.3, -0.25) is 0 Å². The van der Waals surface area contributed by atoms with Crippen molar-refractivity contribution in [3.63, 3.8) is 0 Å². The predicted octanol–water partition coefficient (Wildman–Crippen LogP) is 2.74. The molecule has 14 heavy (non-hydrogen) atoms. The monoisotopic (exact) mass is 184 g/mol. The lowest BCUT2D eigenvalue weighted by Gasteiger charge is -2.03. The van der Waals surface area contributed by atoms with Gasteiger partial charge >= 0.3 is 0 Å². The van der Waals surface area contributed by atoms with Crippen LogP contribution in [0.25, 0.3) is 10.8 Å². The first-order chi connectivity index (χ1) is 6.75. The smallest absolute Gasteiger partial charge is 0.0836 e. The minimum Gasteiger partial charge on any atom is -0.388 e. The SMILES string of the molecule is Cc1cc2c3c(cccc3c1)C(O)C2. The summed E-state index contributed by atoms with van der Waals surface area (Å²) in [5.41, 5.74) is 3.67. The van der Waals surface area contributed by atoms with Gasteiger partial charge in [0.2, 0.25) is 0 Å². The first-order valence-corrected chi connectivity index (χ1v) is 4.96. The predicted molar refractivity (Wildman–Crippen MR) is 57.3 cm³/mol. The number of hydrogen-bond acceptors (Lipinski definition) is 1. The van der Waals surface area contributed by atoms with E-state index in [1.165, 1.54) is 21.9 Å². The lowest BCUT2D eigenvalue weighted by atomic mass is 10.0. The van der Waals surface area contributed by atoms with Gasteiger partial charge in [0.05, 0.1) is 6.10 Å². The summed E-state index contributed by atoms with van der Waals surface area (Å²) in [6, 6.07) is 10.5. The molecule has 0 saturated heterocycles. The Hall–Kier alpha value is -1.34. The van der Waals surface area contributed by atoms with Crippen molar-refractivity contribution in [2.75, 3.05) is 0 Å². The molecule has 0 amide bonds. The molecule has 2 aromatic carbocycles. The van der Waals surface area contributed by atoms with E-state index in [1.54, 1.807) is 0 Å². The first kappa shape index (κ1) is 8.01. The van der Waals surface area contributed by atoms with Crippen LogP contribution in [0.1, 0.15) is 22.8 Å². The summed E-state index contributed by atoms with van der Waals surface area (Å²) in [7, 11) is 0. The topological polar surface area (TPSA) is 20.2 Å². The summed E-state index contributed by atoms with van der Waals surface area (Å²) in [5, 5.41) is 12.4. The first-order valence-electron chi connectivity index (χ1n) is 4.96. The summed E-state index contributed by atoms with van der Waals surface area (Å²) in [5.74, 6) is 0. The van der Waals surface area contributed by atoms with Crippen molar-refractivity contribution < 1.29 is 5.11 Å². The molecule has 0 aliphatic heterocycles. The number of rotatable bonds is 0. The van der Waals surface area contributed by atoms with Crippen LogP contribution in [0.4, 0.5) is 0 Å². The number of aryl methyl sites for hydroxylation is 1. The minimum absolute atomic E-state index is 0.296. The van der Waals surface area contributed by atoms with Crippen LogP contribution in [-0.2, 0) is 6.42 Å². The summed E-state index contributed by atoms with van der Waals surface area (Å²) >= 11 is 0. The lowest BCUT2D eigenvalue weighted by molar-refractivity contribution is 0.185. The highest BCUT2D eigenvalue weighted by Gasteiger charge is 2.21. The normalized spacial score (nSPS) is 19.1. The number of aliphatic hydroxyl groups is 1. The molecule has 0 aromatic heterocycles. The zero-order valence-electron chi connectivity index (χ0n) is 8.12. The van der Waals surface area contributed by atoms with Crippen LogP contribution in [0, 0.1) is 6.92 Å².